The van der Waals surface area contributed by atoms with Crippen molar-refractivity contribution in [2.45, 2.75) is 6.61 Å². The number of hydrazone groups is 1. The van der Waals surface area contributed by atoms with Gasteiger partial charge in [0.2, 0.25) is 0 Å². The van der Waals surface area contributed by atoms with E-state index in [2.05, 4.69) is 10.5 Å². The number of nitrogens with zero attached hydrogens (tertiary/aromatic N) is 1. The van der Waals surface area contributed by atoms with Gasteiger partial charge in [-0.1, -0.05) is 65.1 Å². The van der Waals surface area contributed by atoms with Gasteiger partial charge in [0.1, 0.15) is 6.61 Å². The fraction of sp³-hybridized carbons (Fsp3) is 0.130. The highest BCUT2D eigenvalue weighted by atomic mass is 35.5. The van der Waals surface area contributed by atoms with Crippen molar-refractivity contribution in [1.82, 2.24) is 5.43 Å². The van der Waals surface area contributed by atoms with Crippen LogP contribution < -0.4 is 19.6 Å². The lowest BCUT2D eigenvalue weighted by molar-refractivity contribution is -0.123. The van der Waals surface area contributed by atoms with Gasteiger partial charge in [-0.05, 0) is 41.5 Å². The van der Waals surface area contributed by atoms with Crippen LogP contribution in [0.2, 0.25) is 15.1 Å². The predicted octanol–water partition coefficient (Wildman–Crippen LogP) is 5.76. The molecule has 3 aromatic carbocycles. The zero-order valence-corrected chi connectivity index (χ0v) is 19.2. The topological polar surface area (TPSA) is 69.2 Å². The number of halogens is 3. The number of carbonyl (C=O) groups is 1. The maximum Gasteiger partial charge on any atom is 0.277 e. The van der Waals surface area contributed by atoms with E-state index in [1.807, 2.05) is 30.3 Å². The van der Waals surface area contributed by atoms with Gasteiger partial charge < -0.3 is 14.2 Å². The summed E-state index contributed by atoms with van der Waals surface area (Å²) in [6.45, 7) is 0.0936. The van der Waals surface area contributed by atoms with Gasteiger partial charge in [-0.2, -0.15) is 5.10 Å². The van der Waals surface area contributed by atoms with Crippen LogP contribution in [-0.4, -0.2) is 25.8 Å². The zero-order chi connectivity index (χ0) is 22.9. The minimum Gasteiger partial charge on any atom is -0.493 e. The Morgan fingerprint density at radius 2 is 1.69 bits per heavy atom. The molecule has 1 amide bonds. The summed E-state index contributed by atoms with van der Waals surface area (Å²) >= 11 is 17.9. The van der Waals surface area contributed by atoms with Gasteiger partial charge in [0.05, 0.1) is 23.4 Å². The van der Waals surface area contributed by atoms with Gasteiger partial charge in [0.25, 0.3) is 5.91 Å². The molecule has 1 N–H and O–H groups in total. The monoisotopic (exact) mass is 492 g/mol. The first-order chi connectivity index (χ1) is 15.5. The van der Waals surface area contributed by atoms with Crippen LogP contribution in [0.15, 0.2) is 65.8 Å². The molecule has 6 nitrogen and oxygen atoms in total. The molecule has 0 aliphatic heterocycles. The maximum atomic E-state index is 12.0. The van der Waals surface area contributed by atoms with Crippen LogP contribution in [0, 0.1) is 0 Å². The standard InChI is InChI=1S/C23H19Cl3N2O4/c1-30-21-9-16(7-8-20(21)31-13-15-5-3-2-4-6-15)12-27-28-22(29)14-32-23-18(25)10-17(24)11-19(23)26/h2-12H,13-14H2,1H3,(H,28,29)/b27-12+. The third kappa shape index (κ3) is 6.79. The quantitative estimate of drug-likeness (QED) is 0.304. The molecular formula is C23H19Cl3N2O4. The first kappa shape index (κ1) is 23.7. The Bertz CT molecular complexity index is 1080. The largest absolute Gasteiger partial charge is 0.493 e. The Morgan fingerprint density at radius 3 is 2.38 bits per heavy atom. The molecule has 0 saturated carbocycles. The molecular weight excluding hydrogens is 475 g/mol. The maximum absolute atomic E-state index is 12.0. The summed E-state index contributed by atoms with van der Waals surface area (Å²) in [6.07, 6.45) is 1.48. The van der Waals surface area contributed by atoms with Gasteiger partial charge in [0.15, 0.2) is 23.9 Å². The molecule has 0 atom stereocenters. The third-order valence-corrected chi connectivity index (χ3v) is 4.92. The number of hydrogen-bond acceptors (Lipinski definition) is 5. The van der Waals surface area contributed by atoms with E-state index in [0.717, 1.165) is 5.56 Å². The van der Waals surface area contributed by atoms with E-state index in [4.69, 9.17) is 49.0 Å². The Hall–Kier alpha value is -2.93. The second-order valence-corrected chi connectivity index (χ2v) is 7.72. The fourth-order valence-electron chi connectivity index (χ4n) is 2.63. The normalized spacial score (nSPS) is 10.8. The molecule has 0 spiro atoms. The molecule has 0 aliphatic carbocycles. The third-order valence-electron chi connectivity index (χ3n) is 4.14. The molecule has 0 aliphatic rings. The number of rotatable bonds is 9. The summed E-state index contributed by atoms with van der Waals surface area (Å²) in [7, 11) is 1.55. The first-order valence-electron chi connectivity index (χ1n) is 9.40. The van der Waals surface area contributed by atoms with Crippen LogP contribution in [0.1, 0.15) is 11.1 Å². The van der Waals surface area contributed by atoms with E-state index >= 15 is 0 Å². The van der Waals surface area contributed by atoms with E-state index in [9.17, 15) is 4.79 Å². The molecule has 0 fully saturated rings. The van der Waals surface area contributed by atoms with E-state index in [0.29, 0.717) is 28.7 Å². The molecule has 9 heteroatoms. The van der Waals surface area contributed by atoms with Crippen LogP contribution in [-0.2, 0) is 11.4 Å². The lowest BCUT2D eigenvalue weighted by Gasteiger charge is -2.11. The number of hydrogen-bond donors (Lipinski definition) is 1. The van der Waals surface area contributed by atoms with Crippen molar-refractivity contribution in [3.05, 3.63) is 86.9 Å². The van der Waals surface area contributed by atoms with Gasteiger partial charge in [0, 0.05) is 5.02 Å². The van der Waals surface area contributed by atoms with Crippen LogP contribution in [0.3, 0.4) is 0 Å². The highest BCUT2D eigenvalue weighted by Crippen LogP contribution is 2.35. The number of benzene rings is 3. The molecule has 0 saturated heterocycles. The SMILES string of the molecule is COc1cc(/C=N/NC(=O)COc2c(Cl)cc(Cl)cc2Cl)ccc1OCc1ccccc1. The number of nitrogens with one attached hydrogen (secondary N) is 1. The molecule has 0 bridgehead atoms. The van der Waals surface area contributed by atoms with Crippen LogP contribution in [0.5, 0.6) is 17.2 Å². The van der Waals surface area contributed by atoms with Crippen molar-refractivity contribution in [2.24, 2.45) is 5.10 Å². The van der Waals surface area contributed by atoms with Gasteiger partial charge in [-0.3, -0.25) is 4.79 Å². The van der Waals surface area contributed by atoms with Gasteiger partial charge >= 0.3 is 0 Å². The molecule has 0 aromatic heterocycles. The first-order valence-corrected chi connectivity index (χ1v) is 10.5. The Morgan fingerprint density at radius 1 is 0.969 bits per heavy atom. The number of methoxy groups -OCH3 is 1. The van der Waals surface area contributed by atoms with Crippen LogP contribution >= 0.6 is 34.8 Å². The van der Waals surface area contributed by atoms with Crippen LogP contribution in [0.25, 0.3) is 0 Å². The van der Waals surface area contributed by atoms with E-state index in [-0.39, 0.29) is 22.4 Å². The highest BCUT2D eigenvalue weighted by molar-refractivity contribution is 6.40. The smallest absolute Gasteiger partial charge is 0.277 e. The minimum absolute atomic E-state index is 0.174. The summed E-state index contributed by atoms with van der Waals surface area (Å²) in [4.78, 5) is 12.0. The summed E-state index contributed by atoms with van der Waals surface area (Å²) in [6, 6.07) is 18.1. The predicted molar refractivity (Wildman–Crippen MR) is 126 cm³/mol. The van der Waals surface area contributed by atoms with Crippen molar-refractivity contribution in [3.63, 3.8) is 0 Å². The van der Waals surface area contributed by atoms with Crippen molar-refractivity contribution < 1.29 is 19.0 Å². The molecule has 0 radical (unpaired) electrons. The van der Waals surface area contributed by atoms with Gasteiger partial charge in [-0.15, -0.1) is 0 Å². The Labute approximate surface area is 200 Å². The summed E-state index contributed by atoms with van der Waals surface area (Å²) in [5, 5.41) is 4.71. The summed E-state index contributed by atoms with van der Waals surface area (Å²) in [5.41, 5.74) is 4.13. The molecule has 3 aromatic rings. The summed E-state index contributed by atoms with van der Waals surface area (Å²) < 4.78 is 16.6. The second kappa shape index (κ2) is 11.6. The average Bonchev–Trinajstić information content (AvgIpc) is 2.78. The van der Waals surface area contributed by atoms with E-state index < -0.39 is 5.91 Å². The molecule has 0 heterocycles. The lowest BCUT2D eigenvalue weighted by atomic mass is 10.2. The zero-order valence-electron chi connectivity index (χ0n) is 17.0. The molecule has 3 rings (SSSR count). The number of amides is 1. The second-order valence-electron chi connectivity index (χ2n) is 6.46. The van der Waals surface area contributed by atoms with Crippen molar-refractivity contribution in [2.75, 3.05) is 13.7 Å². The van der Waals surface area contributed by atoms with E-state index in [1.165, 1.54) is 18.3 Å². The van der Waals surface area contributed by atoms with Crippen molar-refractivity contribution in [3.8, 4) is 17.2 Å². The van der Waals surface area contributed by atoms with Crippen LogP contribution in [0.4, 0.5) is 0 Å². The summed E-state index contributed by atoms with van der Waals surface area (Å²) in [5.74, 6) is 0.833. The van der Waals surface area contributed by atoms with E-state index in [1.54, 1.807) is 25.3 Å². The molecule has 0 unspecified atom stereocenters. The lowest BCUT2D eigenvalue weighted by Crippen LogP contribution is -2.24. The number of ether oxygens (including phenoxy) is 3. The highest BCUT2D eigenvalue weighted by Gasteiger charge is 2.11. The van der Waals surface area contributed by atoms with Crippen molar-refractivity contribution in [1.29, 1.82) is 0 Å². The minimum atomic E-state index is -0.488. The average molecular weight is 494 g/mol. The fourth-order valence-corrected chi connectivity index (χ4v) is 3.56. The Balaban J connectivity index is 1.54. The number of carbonyl (C=O) groups excluding carboxylic acids is 1. The Kier molecular flexibility index (Phi) is 8.62. The molecule has 32 heavy (non-hydrogen) atoms. The molecule has 166 valence electrons. The van der Waals surface area contributed by atoms with Gasteiger partial charge in [-0.25, -0.2) is 5.43 Å². The van der Waals surface area contributed by atoms with Crippen molar-refractivity contribution >= 4 is 46.9 Å².